The van der Waals surface area contributed by atoms with Crippen LogP contribution >= 0.6 is 24.0 Å². The summed E-state index contributed by atoms with van der Waals surface area (Å²) in [5.74, 6) is 1.45. The van der Waals surface area contributed by atoms with Gasteiger partial charge in [0.05, 0.1) is 0 Å². The lowest BCUT2D eigenvalue weighted by atomic mass is 10.1. The Labute approximate surface area is 215 Å². The number of hydrogen-bond acceptors (Lipinski definition) is 5. The fourth-order valence-corrected chi connectivity index (χ4v) is 3.90. The van der Waals surface area contributed by atoms with Crippen molar-refractivity contribution >= 4 is 36.0 Å². The molecule has 0 aromatic heterocycles. The SMILES string of the molecule is CC(C)(C)OC(=O)N1CCN(C(N)=NCCc2ccc(OCCN3CCCC3)cc2)CC1.I. The highest BCUT2D eigenvalue weighted by atomic mass is 127. The van der Waals surface area contributed by atoms with Gasteiger partial charge in [0, 0.05) is 39.3 Å². The van der Waals surface area contributed by atoms with Gasteiger partial charge in [0.2, 0.25) is 0 Å². The third-order valence-electron chi connectivity index (χ3n) is 5.73. The molecular formula is C24H40IN5O3. The molecule has 2 fully saturated rings. The predicted octanol–water partition coefficient (Wildman–Crippen LogP) is 3.19. The number of aliphatic imine (C=N–C) groups is 1. The molecule has 0 saturated carbocycles. The summed E-state index contributed by atoms with van der Waals surface area (Å²) in [7, 11) is 0. The number of amides is 1. The largest absolute Gasteiger partial charge is 0.492 e. The molecule has 0 spiro atoms. The van der Waals surface area contributed by atoms with Crippen molar-refractivity contribution in [3.63, 3.8) is 0 Å². The Hall–Kier alpha value is -1.75. The summed E-state index contributed by atoms with van der Waals surface area (Å²) in [5, 5.41) is 0. The fraction of sp³-hybridized carbons (Fsp3) is 0.667. The zero-order valence-electron chi connectivity index (χ0n) is 20.3. The number of likely N-dealkylation sites (tertiary alicyclic amines) is 1. The number of nitrogens with zero attached hydrogens (tertiary/aromatic N) is 4. The van der Waals surface area contributed by atoms with Crippen LogP contribution in [-0.2, 0) is 11.2 Å². The Morgan fingerprint density at radius 2 is 1.61 bits per heavy atom. The number of benzene rings is 1. The quantitative estimate of drug-likeness (QED) is 0.307. The summed E-state index contributed by atoms with van der Waals surface area (Å²) in [5.41, 5.74) is 6.92. The lowest BCUT2D eigenvalue weighted by Gasteiger charge is -2.36. The van der Waals surface area contributed by atoms with Crippen molar-refractivity contribution in [2.45, 2.75) is 45.6 Å². The van der Waals surface area contributed by atoms with E-state index < -0.39 is 5.60 Å². The minimum Gasteiger partial charge on any atom is -0.492 e. The van der Waals surface area contributed by atoms with Gasteiger partial charge in [-0.15, -0.1) is 24.0 Å². The monoisotopic (exact) mass is 573 g/mol. The van der Waals surface area contributed by atoms with Crippen LogP contribution in [0.2, 0.25) is 0 Å². The molecule has 33 heavy (non-hydrogen) atoms. The first-order chi connectivity index (χ1) is 15.3. The zero-order valence-corrected chi connectivity index (χ0v) is 22.6. The summed E-state index contributed by atoms with van der Waals surface area (Å²) in [6.45, 7) is 12.9. The van der Waals surface area contributed by atoms with E-state index in [0.29, 0.717) is 38.7 Å². The second-order valence-corrected chi connectivity index (χ2v) is 9.49. The van der Waals surface area contributed by atoms with Crippen molar-refractivity contribution in [2.24, 2.45) is 10.7 Å². The fourth-order valence-electron chi connectivity index (χ4n) is 3.90. The van der Waals surface area contributed by atoms with Crippen molar-refractivity contribution in [2.75, 3.05) is 59.0 Å². The van der Waals surface area contributed by atoms with Crippen molar-refractivity contribution in [3.8, 4) is 5.75 Å². The molecule has 0 atom stereocenters. The van der Waals surface area contributed by atoms with Crippen molar-refractivity contribution in [1.29, 1.82) is 0 Å². The number of carbonyl (C=O) groups excluding carboxylic acids is 1. The van der Waals surface area contributed by atoms with Crippen LogP contribution in [0, 0.1) is 0 Å². The van der Waals surface area contributed by atoms with Gasteiger partial charge in [-0.2, -0.15) is 0 Å². The van der Waals surface area contributed by atoms with E-state index in [1.54, 1.807) is 4.90 Å². The molecule has 2 heterocycles. The second-order valence-electron chi connectivity index (χ2n) is 9.49. The number of guanidine groups is 1. The van der Waals surface area contributed by atoms with Gasteiger partial charge in [-0.25, -0.2) is 4.79 Å². The first-order valence-electron chi connectivity index (χ1n) is 11.8. The highest BCUT2D eigenvalue weighted by molar-refractivity contribution is 14.0. The van der Waals surface area contributed by atoms with E-state index in [2.05, 4.69) is 22.0 Å². The molecule has 0 aliphatic carbocycles. The van der Waals surface area contributed by atoms with Gasteiger partial charge in [-0.05, 0) is 70.8 Å². The summed E-state index contributed by atoms with van der Waals surface area (Å²) in [4.78, 5) is 22.9. The normalized spacial score (nSPS) is 17.6. The van der Waals surface area contributed by atoms with E-state index >= 15 is 0 Å². The minimum absolute atomic E-state index is 0. The molecule has 1 aromatic rings. The number of rotatable bonds is 7. The molecule has 9 heteroatoms. The average Bonchev–Trinajstić information content (AvgIpc) is 3.27. The molecule has 1 amide bonds. The van der Waals surface area contributed by atoms with Crippen molar-refractivity contribution in [1.82, 2.24) is 14.7 Å². The summed E-state index contributed by atoms with van der Waals surface area (Å²) >= 11 is 0. The number of piperazine rings is 1. The highest BCUT2D eigenvalue weighted by Gasteiger charge is 2.26. The molecule has 2 N–H and O–H groups in total. The molecule has 3 rings (SSSR count). The maximum Gasteiger partial charge on any atom is 0.410 e. The van der Waals surface area contributed by atoms with Crippen LogP contribution in [0.25, 0.3) is 0 Å². The van der Waals surface area contributed by atoms with Gasteiger partial charge in [0.1, 0.15) is 18.0 Å². The molecule has 8 nitrogen and oxygen atoms in total. The van der Waals surface area contributed by atoms with Crippen LogP contribution < -0.4 is 10.5 Å². The third kappa shape index (κ3) is 9.56. The topological polar surface area (TPSA) is 83.6 Å². The first-order valence-corrected chi connectivity index (χ1v) is 11.8. The van der Waals surface area contributed by atoms with E-state index in [0.717, 1.165) is 25.3 Å². The Kier molecular flexibility index (Phi) is 11.0. The lowest BCUT2D eigenvalue weighted by molar-refractivity contribution is 0.0186. The van der Waals surface area contributed by atoms with Gasteiger partial charge in [-0.3, -0.25) is 9.89 Å². The Morgan fingerprint density at radius 3 is 2.21 bits per heavy atom. The summed E-state index contributed by atoms with van der Waals surface area (Å²) < 4.78 is 11.3. The Morgan fingerprint density at radius 1 is 1.00 bits per heavy atom. The van der Waals surface area contributed by atoms with Crippen LogP contribution in [0.1, 0.15) is 39.2 Å². The van der Waals surface area contributed by atoms with Crippen LogP contribution in [0.15, 0.2) is 29.3 Å². The average molecular weight is 574 g/mol. The molecule has 2 aliphatic rings. The smallest absolute Gasteiger partial charge is 0.410 e. The molecule has 1 aromatic carbocycles. The van der Waals surface area contributed by atoms with E-state index in [4.69, 9.17) is 15.2 Å². The standard InChI is InChI=1S/C24H39N5O3.HI/c1-24(2,3)32-23(30)29-16-14-28(15-17-29)22(25)26-11-10-20-6-8-21(9-7-20)31-19-18-27-12-4-5-13-27;/h6-9H,4-5,10-19H2,1-3H3,(H2,25,26);1H. The molecule has 0 bridgehead atoms. The Balaban J connectivity index is 0.00000385. The van der Waals surface area contributed by atoms with Gasteiger partial charge in [0.25, 0.3) is 0 Å². The molecule has 186 valence electrons. The first kappa shape index (κ1) is 27.5. The van der Waals surface area contributed by atoms with Crippen molar-refractivity contribution < 1.29 is 14.3 Å². The number of hydrogen-bond donors (Lipinski definition) is 1. The molecule has 0 unspecified atom stereocenters. The maximum atomic E-state index is 12.2. The molecule has 2 aliphatic heterocycles. The van der Waals surface area contributed by atoms with Crippen LogP contribution in [0.3, 0.4) is 0 Å². The summed E-state index contributed by atoms with van der Waals surface area (Å²) in [6, 6.07) is 8.25. The zero-order chi connectivity index (χ0) is 23.0. The van der Waals surface area contributed by atoms with E-state index in [-0.39, 0.29) is 30.1 Å². The number of carbonyl (C=O) groups is 1. The van der Waals surface area contributed by atoms with E-state index in [9.17, 15) is 4.79 Å². The van der Waals surface area contributed by atoms with Crippen molar-refractivity contribution in [3.05, 3.63) is 29.8 Å². The van der Waals surface area contributed by atoms with E-state index in [1.807, 2.05) is 37.8 Å². The Bertz CT molecular complexity index is 752. The van der Waals surface area contributed by atoms with Gasteiger partial charge < -0.3 is 25.0 Å². The number of halogens is 1. The van der Waals surface area contributed by atoms with Gasteiger partial charge in [0.15, 0.2) is 5.96 Å². The molecular weight excluding hydrogens is 533 g/mol. The number of nitrogens with two attached hydrogens (primary N) is 1. The van der Waals surface area contributed by atoms with Gasteiger partial charge in [-0.1, -0.05) is 12.1 Å². The maximum absolute atomic E-state index is 12.2. The van der Waals surface area contributed by atoms with E-state index in [1.165, 1.54) is 31.5 Å². The van der Waals surface area contributed by atoms with Crippen LogP contribution in [0.5, 0.6) is 5.75 Å². The van der Waals surface area contributed by atoms with Gasteiger partial charge >= 0.3 is 6.09 Å². The highest BCUT2D eigenvalue weighted by Crippen LogP contribution is 2.14. The molecule has 2 saturated heterocycles. The number of ether oxygens (including phenoxy) is 2. The van der Waals surface area contributed by atoms with Crippen LogP contribution in [0.4, 0.5) is 4.79 Å². The predicted molar refractivity (Wildman–Crippen MR) is 143 cm³/mol. The third-order valence-corrected chi connectivity index (χ3v) is 5.73. The lowest BCUT2D eigenvalue weighted by Crippen LogP contribution is -2.53. The van der Waals surface area contributed by atoms with Crippen LogP contribution in [-0.4, -0.2) is 91.3 Å². The second kappa shape index (κ2) is 13.2. The summed E-state index contributed by atoms with van der Waals surface area (Å²) in [6.07, 6.45) is 3.18. The minimum atomic E-state index is -0.480. The molecule has 0 radical (unpaired) electrons.